The minimum atomic E-state index is -0.419. The van der Waals surface area contributed by atoms with E-state index in [1.807, 2.05) is 6.92 Å². The molecule has 0 amide bonds. The highest BCUT2D eigenvalue weighted by molar-refractivity contribution is 6.30. The molecule has 0 aromatic carbocycles. The van der Waals surface area contributed by atoms with Crippen LogP contribution in [0.4, 0.5) is 5.69 Å². The minimum absolute atomic E-state index is 0.00301. The van der Waals surface area contributed by atoms with Gasteiger partial charge in [-0.1, -0.05) is 32.4 Å². The summed E-state index contributed by atoms with van der Waals surface area (Å²) in [6.07, 6.45) is 3.38. The van der Waals surface area contributed by atoms with Crippen molar-refractivity contribution >= 4 is 17.3 Å². The van der Waals surface area contributed by atoms with E-state index in [1.165, 1.54) is 12.3 Å². The van der Waals surface area contributed by atoms with Gasteiger partial charge in [0.05, 0.1) is 9.95 Å². The molecule has 0 aliphatic rings. The van der Waals surface area contributed by atoms with Crippen LogP contribution in [0.3, 0.4) is 0 Å². The molecule has 0 aliphatic carbocycles. The van der Waals surface area contributed by atoms with Gasteiger partial charge in [-0.25, -0.2) is 0 Å². The first kappa shape index (κ1) is 15.9. The number of rotatable bonds is 7. The maximum atomic E-state index is 11.1. The number of pyridine rings is 1. The van der Waals surface area contributed by atoms with E-state index in [9.17, 15) is 10.1 Å². The lowest BCUT2D eigenvalue weighted by Crippen LogP contribution is -2.34. The molecule has 6 heteroatoms. The lowest BCUT2D eigenvalue weighted by Gasteiger charge is -2.23. The van der Waals surface area contributed by atoms with E-state index >= 15 is 0 Å². The molecular formula is C13H20ClN3O2. The van der Waals surface area contributed by atoms with Gasteiger partial charge in [0.15, 0.2) is 0 Å². The average Bonchev–Trinajstić information content (AvgIpc) is 2.39. The maximum absolute atomic E-state index is 11.1. The fourth-order valence-corrected chi connectivity index (χ4v) is 2.28. The largest absolute Gasteiger partial charge is 0.313 e. The Morgan fingerprint density at radius 3 is 2.74 bits per heavy atom. The number of halogens is 1. The normalized spacial score (nSPS) is 14.1. The topological polar surface area (TPSA) is 68.1 Å². The number of nitrogens with zero attached hydrogens (tertiary/aromatic N) is 2. The van der Waals surface area contributed by atoms with Crippen molar-refractivity contribution in [1.29, 1.82) is 0 Å². The Bertz CT molecular complexity index is 440. The Hall–Kier alpha value is -1.20. The van der Waals surface area contributed by atoms with Gasteiger partial charge in [-0.15, -0.1) is 0 Å². The van der Waals surface area contributed by atoms with Crippen LogP contribution in [0.25, 0.3) is 0 Å². The molecule has 0 saturated heterocycles. The van der Waals surface area contributed by atoms with Crippen molar-refractivity contribution in [1.82, 2.24) is 10.3 Å². The Kier molecular flexibility index (Phi) is 6.18. The highest BCUT2D eigenvalue weighted by Crippen LogP contribution is 2.29. The summed E-state index contributed by atoms with van der Waals surface area (Å²) in [6, 6.07) is 1.54. The van der Waals surface area contributed by atoms with Crippen LogP contribution >= 0.6 is 11.6 Å². The standard InChI is InChI=1S/C13H20ClN3O2/c1-4-6-15-11(5-2)9(3)13-12(17(18)19)7-10(14)8-16-13/h7-9,11,15H,4-6H2,1-3H3. The highest BCUT2D eigenvalue weighted by Gasteiger charge is 2.26. The highest BCUT2D eigenvalue weighted by atomic mass is 35.5. The molecule has 0 bridgehead atoms. The first-order chi connectivity index (χ1) is 9.01. The molecule has 2 atom stereocenters. The summed E-state index contributed by atoms with van der Waals surface area (Å²) in [5.74, 6) is -0.0331. The molecule has 1 aromatic heterocycles. The van der Waals surface area contributed by atoms with Gasteiger partial charge >= 0.3 is 0 Å². The second-order valence-corrected chi connectivity index (χ2v) is 5.01. The van der Waals surface area contributed by atoms with Crippen LogP contribution in [0.5, 0.6) is 0 Å². The smallest absolute Gasteiger partial charge is 0.292 e. The Balaban J connectivity index is 3.03. The monoisotopic (exact) mass is 285 g/mol. The van der Waals surface area contributed by atoms with Crippen LogP contribution in [0.1, 0.15) is 45.2 Å². The summed E-state index contributed by atoms with van der Waals surface area (Å²) < 4.78 is 0. The summed E-state index contributed by atoms with van der Waals surface area (Å²) in [7, 11) is 0. The third-order valence-electron chi connectivity index (χ3n) is 3.19. The molecule has 1 aromatic rings. The number of hydrogen-bond acceptors (Lipinski definition) is 4. The van der Waals surface area contributed by atoms with E-state index < -0.39 is 4.92 Å². The van der Waals surface area contributed by atoms with Gasteiger partial charge in [0, 0.05) is 24.2 Å². The van der Waals surface area contributed by atoms with Crippen molar-refractivity contribution in [3.63, 3.8) is 0 Å². The molecule has 0 radical (unpaired) electrons. The van der Waals surface area contributed by atoms with E-state index in [0.29, 0.717) is 5.69 Å². The van der Waals surface area contributed by atoms with Gasteiger partial charge in [-0.05, 0) is 19.4 Å². The predicted molar refractivity (Wildman–Crippen MR) is 76.7 cm³/mol. The van der Waals surface area contributed by atoms with Crippen LogP contribution in [0.15, 0.2) is 12.3 Å². The van der Waals surface area contributed by atoms with Crippen LogP contribution in [0.2, 0.25) is 5.02 Å². The molecule has 1 N–H and O–H groups in total. The number of nitrogens with one attached hydrogen (secondary N) is 1. The van der Waals surface area contributed by atoms with Gasteiger partial charge in [0.25, 0.3) is 5.69 Å². The van der Waals surface area contributed by atoms with E-state index in [0.717, 1.165) is 19.4 Å². The molecule has 0 saturated carbocycles. The fraction of sp³-hybridized carbons (Fsp3) is 0.615. The van der Waals surface area contributed by atoms with Crippen molar-refractivity contribution in [2.75, 3.05) is 6.54 Å². The summed E-state index contributed by atoms with van der Waals surface area (Å²) in [6.45, 7) is 7.00. The van der Waals surface area contributed by atoms with E-state index in [-0.39, 0.29) is 22.7 Å². The van der Waals surface area contributed by atoms with Gasteiger partial charge in [0.2, 0.25) is 0 Å². The quantitative estimate of drug-likeness (QED) is 0.615. The zero-order valence-electron chi connectivity index (χ0n) is 11.5. The lowest BCUT2D eigenvalue weighted by molar-refractivity contribution is -0.386. The van der Waals surface area contributed by atoms with Crippen molar-refractivity contribution in [2.45, 2.75) is 45.6 Å². The van der Waals surface area contributed by atoms with Gasteiger partial charge < -0.3 is 5.32 Å². The van der Waals surface area contributed by atoms with Crippen molar-refractivity contribution in [3.8, 4) is 0 Å². The number of hydrogen-bond donors (Lipinski definition) is 1. The van der Waals surface area contributed by atoms with E-state index in [1.54, 1.807) is 0 Å². The molecule has 5 nitrogen and oxygen atoms in total. The van der Waals surface area contributed by atoms with Crippen molar-refractivity contribution < 1.29 is 4.92 Å². The summed E-state index contributed by atoms with van der Waals surface area (Å²) >= 11 is 5.78. The van der Waals surface area contributed by atoms with Crippen LogP contribution in [-0.4, -0.2) is 22.5 Å². The summed E-state index contributed by atoms with van der Waals surface area (Å²) in [5.41, 5.74) is 0.488. The fourth-order valence-electron chi connectivity index (χ4n) is 2.13. The van der Waals surface area contributed by atoms with E-state index in [2.05, 4.69) is 24.1 Å². The summed E-state index contributed by atoms with van der Waals surface area (Å²) in [5, 5.41) is 14.8. The number of aromatic nitrogens is 1. The van der Waals surface area contributed by atoms with Crippen molar-refractivity contribution in [2.24, 2.45) is 0 Å². The third-order valence-corrected chi connectivity index (χ3v) is 3.40. The molecule has 1 rings (SSSR count). The average molecular weight is 286 g/mol. The first-order valence-corrected chi connectivity index (χ1v) is 6.92. The molecule has 1 heterocycles. The SMILES string of the molecule is CCCNC(CC)C(C)c1ncc(Cl)cc1[N+](=O)[O-]. The molecule has 0 fully saturated rings. The molecule has 0 aliphatic heterocycles. The van der Waals surface area contributed by atoms with Gasteiger partial charge in [0.1, 0.15) is 5.69 Å². The second-order valence-electron chi connectivity index (χ2n) is 4.57. The van der Waals surface area contributed by atoms with E-state index in [4.69, 9.17) is 11.6 Å². The molecule has 0 spiro atoms. The Morgan fingerprint density at radius 2 is 2.21 bits per heavy atom. The van der Waals surface area contributed by atoms with Gasteiger partial charge in [-0.3, -0.25) is 15.1 Å². The molecular weight excluding hydrogens is 266 g/mol. The first-order valence-electron chi connectivity index (χ1n) is 6.54. The van der Waals surface area contributed by atoms with Crippen molar-refractivity contribution in [3.05, 3.63) is 33.1 Å². The summed E-state index contributed by atoms with van der Waals surface area (Å²) in [4.78, 5) is 14.8. The predicted octanol–water partition coefficient (Wildman–Crippen LogP) is 3.52. The molecule has 2 unspecified atom stereocenters. The number of nitro groups is 1. The second kappa shape index (κ2) is 7.40. The zero-order chi connectivity index (χ0) is 14.4. The van der Waals surface area contributed by atoms with Gasteiger partial charge in [-0.2, -0.15) is 0 Å². The zero-order valence-corrected chi connectivity index (χ0v) is 12.3. The lowest BCUT2D eigenvalue weighted by atomic mass is 9.94. The van der Waals surface area contributed by atoms with Crippen LogP contribution in [0, 0.1) is 10.1 Å². The third kappa shape index (κ3) is 4.14. The Labute approximate surface area is 118 Å². The molecule has 19 heavy (non-hydrogen) atoms. The maximum Gasteiger partial charge on any atom is 0.292 e. The van der Waals surface area contributed by atoms with Crippen LogP contribution in [-0.2, 0) is 0 Å². The molecule has 106 valence electrons. The minimum Gasteiger partial charge on any atom is -0.313 e. The van der Waals surface area contributed by atoms with Crippen LogP contribution < -0.4 is 5.32 Å². The Morgan fingerprint density at radius 1 is 1.53 bits per heavy atom.